The van der Waals surface area contributed by atoms with E-state index in [1.54, 1.807) is 0 Å². The molecule has 1 rings (SSSR count). The van der Waals surface area contributed by atoms with Gasteiger partial charge >= 0.3 is 70.5 Å². The number of rotatable bonds is 0. The summed E-state index contributed by atoms with van der Waals surface area (Å²) in [5.41, 5.74) is 0. The Balaban J connectivity index is 0. The monoisotopic (exact) mass is 240 g/mol. The molecular weight excluding hydrogens is 239 g/mol. The Labute approximate surface area is 90.9 Å². The summed E-state index contributed by atoms with van der Waals surface area (Å²) in [6, 6.07) is 0. The van der Waals surface area contributed by atoms with Crippen LogP contribution in [-0.4, -0.2) is 59.1 Å². The minimum absolute atomic E-state index is 0. The van der Waals surface area contributed by atoms with Gasteiger partial charge in [-0.3, -0.25) is 0 Å². The minimum atomic E-state index is -2.33. The van der Waals surface area contributed by atoms with Crippen molar-refractivity contribution in [3.63, 3.8) is 0 Å². The summed E-state index contributed by atoms with van der Waals surface area (Å²) >= 11 is -0.281. The molecule has 8 heteroatoms. The van der Waals surface area contributed by atoms with E-state index in [1.807, 2.05) is 0 Å². The summed E-state index contributed by atoms with van der Waals surface area (Å²) in [5, 5.41) is 16.7. The molecule has 0 fully saturated rings. The van der Waals surface area contributed by atoms with Crippen LogP contribution in [0.2, 0.25) is 0 Å². The van der Waals surface area contributed by atoms with Crippen LogP contribution in [-0.2, 0) is 0 Å². The molecule has 0 saturated heterocycles. The predicted octanol–water partition coefficient (Wildman–Crippen LogP) is -3.54. The van der Waals surface area contributed by atoms with E-state index in [-0.39, 0.29) is 52.9 Å². The number of carbonyl (C=O) groups is 1. The molecule has 0 N–H and O–H groups in total. The Morgan fingerprint density at radius 2 is 1.60 bits per heavy atom. The van der Waals surface area contributed by atoms with Gasteiger partial charge < -0.3 is 15.0 Å². The number of hydrogen-bond donors (Lipinski definition) is 0. The third-order valence-corrected chi connectivity index (χ3v) is 1.06. The Bertz CT molecular complexity index is 192. The van der Waals surface area contributed by atoms with E-state index in [9.17, 15) is 4.79 Å². The van der Waals surface area contributed by atoms with Crippen LogP contribution in [0.5, 0.6) is 0 Å². The maximum absolute atomic E-state index is 9.47. The summed E-state index contributed by atoms with van der Waals surface area (Å²) in [7, 11) is 0. The molecule has 0 aliphatic carbocycles. The van der Waals surface area contributed by atoms with Crippen LogP contribution < -0.4 is 16.0 Å². The summed E-state index contributed by atoms with van der Waals surface area (Å²) in [6.45, 7) is 0. The Hall–Kier alpha value is 0.319. The van der Waals surface area contributed by atoms with Crippen LogP contribution in [0.3, 0.4) is 0 Å². The van der Waals surface area contributed by atoms with E-state index in [1.165, 1.54) is 0 Å². The van der Waals surface area contributed by atoms with Gasteiger partial charge in [-0.2, -0.15) is 0 Å². The molecule has 1 aromatic rings. The van der Waals surface area contributed by atoms with Crippen molar-refractivity contribution in [2.75, 3.05) is 0 Å². The van der Waals surface area contributed by atoms with Gasteiger partial charge in [0, 0.05) is 0 Å². The Morgan fingerprint density at radius 3 is 1.60 bits per heavy atom. The quantitative estimate of drug-likeness (QED) is 0.434. The zero-order chi connectivity index (χ0) is 7.28. The van der Waals surface area contributed by atoms with Gasteiger partial charge in [0.2, 0.25) is 0 Å². The first kappa shape index (κ1) is 12.9. The fourth-order valence-electron chi connectivity index (χ4n) is 0.0618. The van der Waals surface area contributed by atoms with Crippen LogP contribution in [0, 0.1) is 0 Å². The zero-order valence-electron chi connectivity index (χ0n) is 4.56. The van der Waals surface area contributed by atoms with Gasteiger partial charge in [0.1, 0.15) is 0 Å². The molecule has 1 aromatic heterocycles. The largest absolute Gasteiger partial charge is 2.00 e. The average Bonchev–Trinajstić information content (AvgIpc) is 1.59. The molecule has 0 unspecified atom stereocenters. The fraction of sp³-hybridized carbons (Fsp3) is 0. The first-order chi connectivity index (χ1) is 4.13. The van der Waals surface area contributed by atoms with Crippen LogP contribution in [0.15, 0.2) is 11.8 Å². The van der Waals surface area contributed by atoms with Crippen LogP contribution in [0.1, 0.15) is 0 Å². The smallest absolute Gasteiger partial charge is 2.00 e. The topological polar surface area (TPSA) is 107 Å². The first-order valence-electron chi connectivity index (χ1n) is 1.56. The molecule has 10 heavy (non-hydrogen) atoms. The molecule has 0 aromatic carbocycles. The second-order valence-electron chi connectivity index (χ2n) is 0.735. The number of carbonyl (C=O) groups excluding carboxylic acids is 1. The first-order valence-corrected chi connectivity index (χ1v) is 2.96. The second kappa shape index (κ2) is 7.43. The molecule has 0 bridgehead atoms. The average molecular weight is 239 g/mol. The summed E-state index contributed by atoms with van der Waals surface area (Å²) in [5.74, 6) is -0.537. The molecular formula is C2CaO6Se. The van der Waals surface area contributed by atoms with E-state index >= 15 is 0 Å². The normalized spacial score (nSPS) is 6.80. The van der Waals surface area contributed by atoms with Crippen molar-refractivity contribution in [1.29, 1.82) is 0 Å². The van der Waals surface area contributed by atoms with Gasteiger partial charge in [0.05, 0.1) is 0 Å². The van der Waals surface area contributed by atoms with Crippen molar-refractivity contribution in [3.8, 4) is 0 Å². The van der Waals surface area contributed by atoms with Gasteiger partial charge in [0.15, 0.2) is 0 Å². The Morgan fingerprint density at radius 1 is 1.40 bits per heavy atom. The van der Waals surface area contributed by atoms with Gasteiger partial charge in [-0.1, -0.05) is 0 Å². The van der Waals surface area contributed by atoms with Gasteiger partial charge in [-0.15, -0.1) is 0 Å². The molecule has 1 heterocycles. The van der Waals surface area contributed by atoms with E-state index in [2.05, 4.69) is 6.96 Å². The third-order valence-electron chi connectivity index (χ3n) is 0.204. The molecule has 0 atom stereocenters. The summed E-state index contributed by atoms with van der Waals surface area (Å²) in [6.07, 6.45) is -2.33. The summed E-state index contributed by atoms with van der Waals surface area (Å²) in [4.78, 5) is 17.8. The van der Waals surface area contributed by atoms with E-state index in [4.69, 9.17) is 15.0 Å². The van der Waals surface area contributed by atoms with Crippen molar-refractivity contribution in [2.45, 2.75) is 0 Å². The zero-order valence-corrected chi connectivity index (χ0v) is 8.49. The SMILES string of the molecule is O=C([O-])[O-].O=c1o[se]o1.[Ca+2]. The van der Waals surface area contributed by atoms with Crippen molar-refractivity contribution in [3.05, 3.63) is 10.6 Å². The van der Waals surface area contributed by atoms with Crippen LogP contribution in [0.25, 0.3) is 0 Å². The second-order valence-corrected chi connectivity index (χ2v) is 1.72. The van der Waals surface area contributed by atoms with Crippen molar-refractivity contribution < 1.29 is 22.0 Å². The van der Waals surface area contributed by atoms with Crippen molar-refractivity contribution >= 4 is 59.1 Å². The van der Waals surface area contributed by atoms with E-state index in [0.717, 1.165) is 0 Å². The van der Waals surface area contributed by atoms with Crippen LogP contribution in [0.4, 0.5) is 4.79 Å². The standard InChI is InChI=1S/CO3Se.CH2O3.Ca/c2-1-3-5-4-1;2-1(3)4;/h;(H2,2,3,4);/q;;+2/p-2. The van der Waals surface area contributed by atoms with Crippen molar-refractivity contribution in [1.82, 2.24) is 0 Å². The molecule has 0 aliphatic heterocycles. The molecule has 0 aliphatic rings. The maximum atomic E-state index is 9.47. The van der Waals surface area contributed by atoms with E-state index in [0.29, 0.717) is 0 Å². The van der Waals surface area contributed by atoms with E-state index < -0.39 is 12.0 Å². The van der Waals surface area contributed by atoms with Crippen LogP contribution >= 0.6 is 0 Å². The molecule has 0 saturated carbocycles. The number of carboxylic acid groups (broad SMARTS) is 2. The maximum Gasteiger partial charge on any atom is 2.00 e. The third kappa shape index (κ3) is 11.2. The fourth-order valence-corrected chi connectivity index (χ4v) is 0.321. The van der Waals surface area contributed by atoms with Crippen molar-refractivity contribution in [2.24, 2.45) is 0 Å². The Kier molecular flexibility index (Phi) is 9.62. The summed E-state index contributed by atoms with van der Waals surface area (Å²) < 4.78 is 8.26. The van der Waals surface area contributed by atoms with Gasteiger partial charge in [-0.05, 0) is 6.16 Å². The van der Waals surface area contributed by atoms with Gasteiger partial charge in [0.25, 0.3) is 0 Å². The molecule has 0 radical (unpaired) electrons. The predicted molar refractivity (Wildman–Crippen MR) is 25.3 cm³/mol. The molecule has 0 amide bonds. The molecule has 6 nitrogen and oxygen atoms in total. The minimum Gasteiger partial charge on any atom is 2.00 e. The molecule has 52 valence electrons. The van der Waals surface area contributed by atoms with Gasteiger partial charge in [-0.25, -0.2) is 0 Å². The number of hydrogen-bond acceptors (Lipinski definition) is 6. The molecule has 0 spiro atoms.